The highest BCUT2D eigenvalue weighted by molar-refractivity contribution is 4.70. The van der Waals surface area contributed by atoms with Crippen LogP contribution in [0, 0.1) is 0 Å². The molecule has 0 fully saturated rings. The second-order valence-corrected chi connectivity index (χ2v) is 0.789. The van der Waals surface area contributed by atoms with Crippen molar-refractivity contribution in [2.45, 2.75) is 34.6 Å². The maximum absolute atomic E-state index is 2.84. The summed E-state index contributed by atoms with van der Waals surface area (Å²) in [6, 6.07) is 0. The second kappa shape index (κ2) is 50.0. The van der Waals surface area contributed by atoms with Crippen LogP contribution in [0.4, 0.5) is 0 Å². The van der Waals surface area contributed by atoms with E-state index in [0.717, 1.165) is 0 Å². The minimum absolute atomic E-state index is 1.88. The van der Waals surface area contributed by atoms with Crippen LogP contribution < -0.4 is 5.32 Å². The Morgan fingerprint density at radius 3 is 1.33 bits per heavy atom. The first kappa shape index (κ1) is 15.8. The average molecular weight is 131 g/mol. The van der Waals surface area contributed by atoms with Crippen LogP contribution in [0.5, 0.6) is 0 Å². The molecule has 1 N–H and O–H groups in total. The fourth-order valence-corrected chi connectivity index (χ4v) is 0.167. The molecular formula is C8H21N. The lowest BCUT2D eigenvalue weighted by Gasteiger charge is -1.75. The molecule has 0 aromatic carbocycles. The van der Waals surface area contributed by atoms with Crippen LogP contribution in [0.25, 0.3) is 0 Å². The molecule has 0 heterocycles. The molecule has 0 aromatic heterocycles. The number of nitrogens with one attached hydrogen (secondary N) is 1. The minimum atomic E-state index is 1.88. The van der Waals surface area contributed by atoms with Crippen molar-refractivity contribution >= 4 is 0 Å². The quantitative estimate of drug-likeness (QED) is 0.577. The second-order valence-electron chi connectivity index (χ2n) is 0.789. The van der Waals surface area contributed by atoms with E-state index in [1.807, 2.05) is 53.9 Å². The van der Waals surface area contributed by atoms with Gasteiger partial charge in [0.1, 0.15) is 0 Å². The van der Waals surface area contributed by atoms with Crippen LogP contribution in [0.15, 0.2) is 12.3 Å². The van der Waals surface area contributed by atoms with Gasteiger partial charge >= 0.3 is 0 Å². The molecule has 0 rings (SSSR count). The molecule has 0 amide bonds. The van der Waals surface area contributed by atoms with Crippen molar-refractivity contribution in [3.8, 4) is 0 Å². The zero-order valence-electron chi connectivity index (χ0n) is 7.65. The molecule has 0 bridgehead atoms. The number of hydrogen-bond donors (Lipinski definition) is 1. The van der Waals surface area contributed by atoms with Gasteiger partial charge in [0, 0.05) is 7.05 Å². The van der Waals surface area contributed by atoms with Gasteiger partial charge in [0.25, 0.3) is 0 Å². The molecule has 0 saturated heterocycles. The standard InChI is InChI=1S/C4H9N.2C2H6/c1-3-4-5-2;2*1-2/h3-5H,1-2H3;2*1-2H3/b4-3-;;. The number of rotatable bonds is 1. The van der Waals surface area contributed by atoms with E-state index in [9.17, 15) is 0 Å². The predicted octanol–water partition coefficient (Wildman–Crippen LogP) is 2.79. The molecule has 9 heavy (non-hydrogen) atoms. The number of allylic oxidation sites excluding steroid dienone is 1. The molecule has 0 aromatic rings. The SMILES string of the molecule is C/C=C\NC.CC.CC. The van der Waals surface area contributed by atoms with E-state index in [-0.39, 0.29) is 0 Å². The zero-order chi connectivity index (χ0) is 8.12. The van der Waals surface area contributed by atoms with Crippen LogP contribution in [0.1, 0.15) is 34.6 Å². The van der Waals surface area contributed by atoms with Crippen LogP contribution in [-0.4, -0.2) is 7.05 Å². The smallest absolute Gasteiger partial charge is 0.00276 e. The fraction of sp³-hybridized carbons (Fsp3) is 0.750. The summed E-state index contributed by atoms with van der Waals surface area (Å²) in [7, 11) is 1.88. The molecule has 1 heteroatoms. The Kier molecular flexibility index (Phi) is 87.9. The Bertz CT molecular complexity index is 31.5. The molecule has 0 aliphatic rings. The van der Waals surface area contributed by atoms with Gasteiger partial charge in [-0.05, 0) is 13.1 Å². The maximum atomic E-state index is 2.84. The molecule has 0 radical (unpaired) electrons. The van der Waals surface area contributed by atoms with Crippen LogP contribution >= 0.6 is 0 Å². The fourth-order valence-electron chi connectivity index (χ4n) is 0.167. The molecule has 0 atom stereocenters. The van der Waals surface area contributed by atoms with Crippen molar-refractivity contribution < 1.29 is 0 Å². The van der Waals surface area contributed by atoms with Gasteiger partial charge in [-0.25, -0.2) is 0 Å². The van der Waals surface area contributed by atoms with E-state index >= 15 is 0 Å². The largest absolute Gasteiger partial charge is 0.394 e. The number of hydrogen-bond acceptors (Lipinski definition) is 1. The van der Waals surface area contributed by atoms with Gasteiger partial charge in [-0.3, -0.25) is 0 Å². The summed E-state index contributed by atoms with van der Waals surface area (Å²) in [5, 5.41) is 2.84. The highest BCUT2D eigenvalue weighted by atomic mass is 14.8. The van der Waals surface area contributed by atoms with Crippen LogP contribution in [-0.2, 0) is 0 Å². The highest BCUT2D eigenvalue weighted by Crippen LogP contribution is 1.53. The third-order valence-electron chi connectivity index (χ3n) is 0.333. The third-order valence-corrected chi connectivity index (χ3v) is 0.333. The zero-order valence-corrected chi connectivity index (χ0v) is 7.65. The summed E-state index contributed by atoms with van der Waals surface area (Å²) in [4.78, 5) is 0. The summed E-state index contributed by atoms with van der Waals surface area (Å²) in [5.41, 5.74) is 0. The summed E-state index contributed by atoms with van der Waals surface area (Å²) in [6.45, 7) is 9.97. The molecule has 0 aliphatic heterocycles. The molecular weight excluding hydrogens is 110 g/mol. The monoisotopic (exact) mass is 131 g/mol. The van der Waals surface area contributed by atoms with Crippen LogP contribution in [0.2, 0.25) is 0 Å². The van der Waals surface area contributed by atoms with Crippen LogP contribution in [0.3, 0.4) is 0 Å². The van der Waals surface area contributed by atoms with Gasteiger partial charge in [-0.1, -0.05) is 33.8 Å². The van der Waals surface area contributed by atoms with Gasteiger partial charge in [0.15, 0.2) is 0 Å². The summed E-state index contributed by atoms with van der Waals surface area (Å²) in [5.74, 6) is 0. The Morgan fingerprint density at radius 2 is 1.33 bits per heavy atom. The van der Waals surface area contributed by atoms with Gasteiger partial charge in [-0.2, -0.15) is 0 Å². The van der Waals surface area contributed by atoms with E-state index in [4.69, 9.17) is 0 Å². The van der Waals surface area contributed by atoms with E-state index in [0.29, 0.717) is 0 Å². The maximum Gasteiger partial charge on any atom is 0.00276 e. The van der Waals surface area contributed by atoms with Gasteiger partial charge < -0.3 is 5.32 Å². The lowest BCUT2D eigenvalue weighted by Crippen LogP contribution is -1.89. The first-order valence-corrected chi connectivity index (χ1v) is 3.70. The third kappa shape index (κ3) is 97.6. The van der Waals surface area contributed by atoms with Crippen molar-refractivity contribution in [2.75, 3.05) is 7.05 Å². The van der Waals surface area contributed by atoms with Crippen molar-refractivity contribution in [1.29, 1.82) is 0 Å². The van der Waals surface area contributed by atoms with Gasteiger partial charge in [-0.15, -0.1) is 0 Å². The van der Waals surface area contributed by atoms with E-state index in [2.05, 4.69) is 5.32 Å². The van der Waals surface area contributed by atoms with Crippen molar-refractivity contribution in [1.82, 2.24) is 5.32 Å². The Hall–Kier alpha value is -0.460. The average Bonchev–Trinajstić information content (AvgIpc) is 1.98. The Morgan fingerprint density at radius 1 is 1.00 bits per heavy atom. The molecule has 0 aliphatic carbocycles. The molecule has 0 spiro atoms. The summed E-state index contributed by atoms with van der Waals surface area (Å²) in [6.07, 6.45) is 3.82. The Labute approximate surface area is 60.2 Å². The molecule has 58 valence electrons. The first-order chi connectivity index (χ1) is 4.41. The molecule has 0 saturated carbocycles. The lowest BCUT2D eigenvalue weighted by atomic mass is 10.7. The lowest BCUT2D eigenvalue weighted by molar-refractivity contribution is 1.10. The van der Waals surface area contributed by atoms with E-state index in [1.54, 1.807) is 0 Å². The highest BCUT2D eigenvalue weighted by Gasteiger charge is 1.45. The summed E-state index contributed by atoms with van der Waals surface area (Å²) < 4.78 is 0. The van der Waals surface area contributed by atoms with Gasteiger partial charge in [0.05, 0.1) is 0 Å². The van der Waals surface area contributed by atoms with E-state index < -0.39 is 0 Å². The molecule has 0 unspecified atom stereocenters. The minimum Gasteiger partial charge on any atom is -0.394 e. The van der Waals surface area contributed by atoms with Gasteiger partial charge in [0.2, 0.25) is 0 Å². The van der Waals surface area contributed by atoms with Crippen molar-refractivity contribution in [2.24, 2.45) is 0 Å². The summed E-state index contributed by atoms with van der Waals surface area (Å²) >= 11 is 0. The van der Waals surface area contributed by atoms with E-state index in [1.165, 1.54) is 0 Å². The normalized spacial score (nSPS) is 6.44. The topological polar surface area (TPSA) is 12.0 Å². The Balaban J connectivity index is -0.0000000771. The molecule has 1 nitrogen and oxygen atoms in total. The van der Waals surface area contributed by atoms with Crippen molar-refractivity contribution in [3.63, 3.8) is 0 Å². The first-order valence-electron chi connectivity index (χ1n) is 3.70. The van der Waals surface area contributed by atoms with Crippen molar-refractivity contribution in [3.05, 3.63) is 12.3 Å². The predicted molar refractivity (Wildman–Crippen MR) is 46.6 cm³/mol.